The van der Waals surface area contributed by atoms with Gasteiger partial charge >= 0.3 is 5.69 Å². The maximum Gasteiger partial charge on any atom is 0.356 e. The fourth-order valence-electron chi connectivity index (χ4n) is 3.71. The van der Waals surface area contributed by atoms with Gasteiger partial charge in [0, 0.05) is 11.3 Å². The summed E-state index contributed by atoms with van der Waals surface area (Å²) in [4.78, 5) is 21.6. The van der Waals surface area contributed by atoms with E-state index in [0.717, 1.165) is 46.5 Å². The predicted molar refractivity (Wildman–Crippen MR) is 111 cm³/mol. The van der Waals surface area contributed by atoms with Crippen molar-refractivity contribution in [3.8, 4) is 28.6 Å². The zero-order valence-electron chi connectivity index (χ0n) is 17.0. The van der Waals surface area contributed by atoms with Gasteiger partial charge in [0.2, 0.25) is 0 Å². The summed E-state index contributed by atoms with van der Waals surface area (Å²) in [6.45, 7) is 3.94. The average Bonchev–Trinajstić information content (AvgIpc) is 3.53. The zero-order valence-corrected chi connectivity index (χ0v) is 17.0. The monoisotopic (exact) mass is 403 g/mol. The minimum atomic E-state index is -0.324. The van der Waals surface area contributed by atoms with Crippen LogP contribution in [0.3, 0.4) is 0 Å². The fourth-order valence-corrected chi connectivity index (χ4v) is 3.71. The molecule has 1 aliphatic rings. The third kappa shape index (κ3) is 3.01. The molecule has 0 amide bonds. The normalized spacial score (nSPS) is 13.6. The molecule has 4 aromatic rings. The summed E-state index contributed by atoms with van der Waals surface area (Å²) in [7, 11) is 1.53. The maximum absolute atomic E-state index is 13.2. The van der Waals surface area contributed by atoms with Crippen molar-refractivity contribution in [1.29, 1.82) is 0 Å². The Bertz CT molecular complexity index is 1300. The molecule has 0 bridgehead atoms. The summed E-state index contributed by atoms with van der Waals surface area (Å²) in [5.41, 5.74) is 4.27. The summed E-state index contributed by atoms with van der Waals surface area (Å²) in [5.74, 6) is 1.55. The lowest BCUT2D eigenvalue weighted by Gasteiger charge is -2.08. The number of ether oxygens (including phenoxy) is 2. The van der Waals surface area contributed by atoms with Gasteiger partial charge < -0.3 is 9.47 Å². The van der Waals surface area contributed by atoms with Crippen LogP contribution in [-0.2, 0) is 0 Å². The van der Waals surface area contributed by atoms with Crippen molar-refractivity contribution < 1.29 is 9.47 Å². The smallest absolute Gasteiger partial charge is 0.356 e. The third-order valence-electron chi connectivity index (χ3n) is 5.35. The number of nitrogens with zero attached hydrogens (tertiary/aromatic N) is 5. The Balaban J connectivity index is 1.64. The number of aromatic nitrogens is 5. The summed E-state index contributed by atoms with van der Waals surface area (Å²) >= 11 is 0. The SMILES string of the molecule is COc1cnc(-n2ncc3c(C)c(-c4cccc(OC5CC5)c4)c(C)n3c2=O)nc1. The van der Waals surface area contributed by atoms with Gasteiger partial charge in [-0.3, -0.25) is 4.40 Å². The summed E-state index contributed by atoms with van der Waals surface area (Å²) < 4.78 is 13.9. The van der Waals surface area contributed by atoms with Crippen molar-refractivity contribution in [3.05, 3.63) is 64.6 Å². The Morgan fingerprint density at radius 1 is 1.07 bits per heavy atom. The summed E-state index contributed by atoms with van der Waals surface area (Å²) in [6.07, 6.45) is 7.23. The van der Waals surface area contributed by atoms with Crippen molar-refractivity contribution in [2.24, 2.45) is 0 Å². The quantitative estimate of drug-likeness (QED) is 0.509. The van der Waals surface area contributed by atoms with E-state index in [0.29, 0.717) is 11.9 Å². The van der Waals surface area contributed by atoms with Crippen LogP contribution in [-0.4, -0.2) is 37.4 Å². The van der Waals surface area contributed by atoms with Crippen LogP contribution in [0.15, 0.2) is 47.7 Å². The lowest BCUT2D eigenvalue weighted by atomic mass is 10.0. The second-order valence-corrected chi connectivity index (χ2v) is 7.41. The summed E-state index contributed by atoms with van der Waals surface area (Å²) in [6, 6.07) is 8.02. The van der Waals surface area contributed by atoms with E-state index in [1.807, 2.05) is 38.1 Å². The molecule has 0 aliphatic heterocycles. The number of aryl methyl sites for hydroxylation is 2. The molecule has 3 aromatic heterocycles. The van der Waals surface area contributed by atoms with Crippen molar-refractivity contribution in [2.45, 2.75) is 32.8 Å². The molecule has 0 unspecified atom stereocenters. The van der Waals surface area contributed by atoms with Crippen LogP contribution >= 0.6 is 0 Å². The van der Waals surface area contributed by atoms with Gasteiger partial charge in [-0.2, -0.15) is 5.10 Å². The Hall–Kier alpha value is -3.68. The van der Waals surface area contributed by atoms with E-state index in [-0.39, 0.29) is 11.6 Å². The fraction of sp³-hybridized carbons (Fsp3) is 0.273. The van der Waals surface area contributed by atoms with Gasteiger partial charge in [-0.25, -0.2) is 14.8 Å². The number of methoxy groups -OCH3 is 1. The molecule has 1 fully saturated rings. The first-order chi connectivity index (χ1) is 14.6. The Kier molecular flexibility index (Phi) is 4.27. The van der Waals surface area contributed by atoms with E-state index in [2.05, 4.69) is 15.1 Å². The van der Waals surface area contributed by atoms with Crippen molar-refractivity contribution in [3.63, 3.8) is 0 Å². The number of benzene rings is 1. The topological polar surface area (TPSA) is 83.5 Å². The van der Waals surface area contributed by atoms with E-state index in [4.69, 9.17) is 9.47 Å². The van der Waals surface area contributed by atoms with Gasteiger partial charge in [0.15, 0.2) is 5.75 Å². The molecule has 0 saturated heterocycles. The molecule has 1 saturated carbocycles. The number of hydrogen-bond donors (Lipinski definition) is 0. The average molecular weight is 403 g/mol. The lowest BCUT2D eigenvalue weighted by Crippen LogP contribution is -2.29. The maximum atomic E-state index is 13.2. The molecule has 1 aliphatic carbocycles. The first-order valence-corrected chi connectivity index (χ1v) is 9.80. The van der Waals surface area contributed by atoms with E-state index < -0.39 is 0 Å². The van der Waals surface area contributed by atoms with Crippen LogP contribution in [0.4, 0.5) is 0 Å². The van der Waals surface area contributed by atoms with Crippen LogP contribution in [0.1, 0.15) is 24.1 Å². The Morgan fingerprint density at radius 3 is 2.53 bits per heavy atom. The molecular formula is C22H21N5O3. The van der Waals surface area contributed by atoms with Gasteiger partial charge in [0.25, 0.3) is 5.95 Å². The van der Waals surface area contributed by atoms with Crippen LogP contribution in [0.5, 0.6) is 11.5 Å². The Labute approximate surface area is 172 Å². The van der Waals surface area contributed by atoms with Gasteiger partial charge in [0.05, 0.1) is 37.3 Å². The zero-order chi connectivity index (χ0) is 20.8. The van der Waals surface area contributed by atoms with Crippen LogP contribution in [0.25, 0.3) is 22.6 Å². The molecule has 0 atom stereocenters. The van der Waals surface area contributed by atoms with E-state index in [1.54, 1.807) is 10.6 Å². The molecule has 8 nitrogen and oxygen atoms in total. The number of rotatable bonds is 5. The highest BCUT2D eigenvalue weighted by molar-refractivity contribution is 5.79. The van der Waals surface area contributed by atoms with Crippen LogP contribution in [0.2, 0.25) is 0 Å². The van der Waals surface area contributed by atoms with E-state index in [9.17, 15) is 4.79 Å². The molecule has 8 heteroatoms. The minimum absolute atomic E-state index is 0.190. The molecule has 0 spiro atoms. The highest BCUT2D eigenvalue weighted by atomic mass is 16.5. The summed E-state index contributed by atoms with van der Waals surface area (Å²) in [5, 5.41) is 4.30. The largest absolute Gasteiger partial charge is 0.494 e. The van der Waals surface area contributed by atoms with Crippen LogP contribution in [0, 0.1) is 13.8 Å². The Morgan fingerprint density at radius 2 is 1.83 bits per heavy atom. The molecule has 5 rings (SSSR count). The van der Waals surface area contributed by atoms with Crippen molar-refractivity contribution >= 4 is 5.52 Å². The van der Waals surface area contributed by atoms with E-state index >= 15 is 0 Å². The second-order valence-electron chi connectivity index (χ2n) is 7.41. The second kappa shape index (κ2) is 6.98. The predicted octanol–water partition coefficient (Wildman–Crippen LogP) is 3.11. The molecular weight excluding hydrogens is 382 g/mol. The van der Waals surface area contributed by atoms with Crippen molar-refractivity contribution in [2.75, 3.05) is 7.11 Å². The molecule has 0 N–H and O–H groups in total. The van der Waals surface area contributed by atoms with Gasteiger partial charge in [-0.1, -0.05) is 12.1 Å². The van der Waals surface area contributed by atoms with Crippen LogP contribution < -0.4 is 15.2 Å². The highest BCUT2D eigenvalue weighted by Crippen LogP contribution is 2.34. The third-order valence-corrected chi connectivity index (χ3v) is 5.35. The highest BCUT2D eigenvalue weighted by Gasteiger charge is 2.24. The van der Waals surface area contributed by atoms with E-state index in [1.165, 1.54) is 24.2 Å². The standard InChI is InChI=1S/C22H21N5O3/c1-13-19-12-25-27(21-23-10-18(29-3)11-24-21)22(28)26(19)14(2)20(13)15-5-4-6-17(9-15)30-16-7-8-16/h4-6,9-12,16H,7-8H2,1-3H3. The molecule has 1 aromatic carbocycles. The number of hydrogen-bond acceptors (Lipinski definition) is 6. The first kappa shape index (κ1) is 18.4. The first-order valence-electron chi connectivity index (χ1n) is 9.80. The number of fused-ring (bicyclic) bond motifs is 1. The molecule has 152 valence electrons. The minimum Gasteiger partial charge on any atom is -0.494 e. The molecule has 3 heterocycles. The molecule has 30 heavy (non-hydrogen) atoms. The van der Waals surface area contributed by atoms with Gasteiger partial charge in [-0.15, -0.1) is 4.68 Å². The van der Waals surface area contributed by atoms with Crippen molar-refractivity contribution in [1.82, 2.24) is 24.1 Å². The lowest BCUT2D eigenvalue weighted by molar-refractivity contribution is 0.303. The molecule has 0 radical (unpaired) electrons. The van der Waals surface area contributed by atoms with Gasteiger partial charge in [-0.05, 0) is 49.9 Å². The van der Waals surface area contributed by atoms with Gasteiger partial charge in [0.1, 0.15) is 5.75 Å².